The molecule has 7 heteroatoms. The molecule has 3 aromatic rings. The molecule has 0 aliphatic heterocycles. The van der Waals surface area contributed by atoms with Crippen LogP contribution < -0.4 is 15.2 Å². The van der Waals surface area contributed by atoms with Crippen LogP contribution in [0.5, 0.6) is 11.5 Å². The van der Waals surface area contributed by atoms with Crippen molar-refractivity contribution in [2.24, 2.45) is 18.9 Å². The molecule has 1 aliphatic carbocycles. The molecule has 0 atom stereocenters. The van der Waals surface area contributed by atoms with Gasteiger partial charge in [-0.15, -0.1) is 0 Å². The van der Waals surface area contributed by atoms with Gasteiger partial charge in [-0.05, 0) is 61.4 Å². The lowest BCUT2D eigenvalue weighted by Crippen LogP contribution is -2.28. The number of aryl methyl sites for hydroxylation is 1. The summed E-state index contributed by atoms with van der Waals surface area (Å²) < 4.78 is 14.6. The minimum atomic E-state index is -0.709. The van der Waals surface area contributed by atoms with Crippen LogP contribution in [0.1, 0.15) is 45.1 Å². The van der Waals surface area contributed by atoms with Crippen LogP contribution in [0.4, 0.5) is 0 Å². The Balaban J connectivity index is 0.00000149. The van der Waals surface area contributed by atoms with E-state index in [4.69, 9.17) is 9.47 Å². The van der Waals surface area contributed by atoms with Gasteiger partial charge in [-0.3, -0.25) is 13.9 Å². The number of hydrogen-bond acceptors (Lipinski definition) is 4. The first-order valence-electron chi connectivity index (χ1n) is 11.6. The van der Waals surface area contributed by atoms with Crippen LogP contribution in [-0.2, 0) is 25.0 Å². The van der Waals surface area contributed by atoms with Crippen LogP contribution >= 0.6 is 0 Å². The number of nitrogens with zero attached hydrogens (tertiary/aromatic N) is 2. The molecule has 0 saturated heterocycles. The molecule has 1 aromatic heterocycles. The number of carboxylic acids is 1. The number of carboxylic acid groups (broad SMARTS) is 1. The van der Waals surface area contributed by atoms with Crippen LogP contribution in [0.3, 0.4) is 0 Å². The highest BCUT2D eigenvalue weighted by molar-refractivity contribution is 5.77. The zero-order valence-corrected chi connectivity index (χ0v) is 19.9. The fraction of sp³-hybridized carbons (Fsp3) is 0.462. The molecule has 1 saturated carbocycles. The summed E-state index contributed by atoms with van der Waals surface area (Å²) in [6.07, 6.45) is 3.01. The third kappa shape index (κ3) is 5.59. The van der Waals surface area contributed by atoms with E-state index in [0.717, 1.165) is 35.2 Å². The fourth-order valence-electron chi connectivity index (χ4n) is 4.40. The lowest BCUT2D eigenvalue weighted by molar-refractivity contribution is -0.143. The standard InChI is InChI=1S/C24H28N2O5.C2H6/c1-25-21-12-11-20(31-15-17-5-9-19(30-2)10-6-17)13-22(21)26(24(25)29)14-16-3-7-18(8-4-16)23(27)28;1-2/h5-6,9-13,16,18H,3-4,7-8,14-15H2,1-2H3,(H,27,28);1-2H3. The molecule has 7 nitrogen and oxygen atoms in total. The average molecular weight is 455 g/mol. The van der Waals surface area contributed by atoms with Crippen molar-refractivity contribution in [2.75, 3.05) is 7.11 Å². The monoisotopic (exact) mass is 454 g/mol. The summed E-state index contributed by atoms with van der Waals surface area (Å²) in [6, 6.07) is 13.4. The van der Waals surface area contributed by atoms with E-state index in [1.54, 1.807) is 23.3 Å². The maximum Gasteiger partial charge on any atom is 0.328 e. The Morgan fingerprint density at radius 2 is 1.64 bits per heavy atom. The number of methoxy groups -OCH3 is 1. The van der Waals surface area contributed by atoms with Crippen molar-refractivity contribution in [1.29, 1.82) is 0 Å². The van der Waals surface area contributed by atoms with Gasteiger partial charge in [-0.2, -0.15) is 0 Å². The van der Waals surface area contributed by atoms with Gasteiger partial charge in [0.05, 0.1) is 24.1 Å². The van der Waals surface area contributed by atoms with E-state index in [1.807, 2.05) is 56.3 Å². The molecule has 4 rings (SSSR count). The maximum absolute atomic E-state index is 12.9. The quantitative estimate of drug-likeness (QED) is 0.552. The Morgan fingerprint density at radius 3 is 2.24 bits per heavy atom. The number of ether oxygens (including phenoxy) is 2. The van der Waals surface area contributed by atoms with Crippen LogP contribution in [-0.4, -0.2) is 27.3 Å². The third-order valence-electron chi connectivity index (χ3n) is 6.32. The average Bonchev–Trinajstić information content (AvgIpc) is 3.09. The first kappa shape index (κ1) is 24.4. The van der Waals surface area contributed by atoms with E-state index in [2.05, 4.69) is 0 Å². The number of aliphatic carboxylic acids is 1. The lowest BCUT2D eigenvalue weighted by Gasteiger charge is -2.26. The van der Waals surface area contributed by atoms with Gasteiger partial charge in [0, 0.05) is 19.7 Å². The summed E-state index contributed by atoms with van der Waals surface area (Å²) in [5.41, 5.74) is 2.69. The van der Waals surface area contributed by atoms with E-state index in [1.165, 1.54) is 0 Å². The van der Waals surface area contributed by atoms with Crippen molar-refractivity contribution in [3.05, 3.63) is 58.5 Å². The summed E-state index contributed by atoms with van der Waals surface area (Å²) >= 11 is 0. The van der Waals surface area contributed by atoms with Gasteiger partial charge in [0.25, 0.3) is 0 Å². The Kier molecular flexibility index (Phi) is 8.20. The molecule has 1 fully saturated rings. The number of carbonyl (C=O) groups is 1. The van der Waals surface area contributed by atoms with Gasteiger partial charge in [-0.25, -0.2) is 4.79 Å². The Labute approximate surface area is 194 Å². The van der Waals surface area contributed by atoms with Gasteiger partial charge >= 0.3 is 11.7 Å². The smallest absolute Gasteiger partial charge is 0.328 e. The van der Waals surface area contributed by atoms with Gasteiger partial charge in [0.15, 0.2) is 0 Å². The van der Waals surface area contributed by atoms with Crippen LogP contribution in [0.2, 0.25) is 0 Å². The van der Waals surface area contributed by atoms with E-state index < -0.39 is 5.97 Å². The number of fused-ring (bicyclic) bond motifs is 1. The molecule has 1 heterocycles. The largest absolute Gasteiger partial charge is 0.497 e. The lowest BCUT2D eigenvalue weighted by atomic mass is 9.82. The highest BCUT2D eigenvalue weighted by Crippen LogP contribution is 2.31. The van der Waals surface area contributed by atoms with E-state index in [9.17, 15) is 14.7 Å². The predicted molar refractivity (Wildman–Crippen MR) is 129 cm³/mol. The second-order valence-electron chi connectivity index (χ2n) is 8.30. The van der Waals surface area contributed by atoms with Crippen molar-refractivity contribution in [3.63, 3.8) is 0 Å². The Hall–Kier alpha value is -3.22. The van der Waals surface area contributed by atoms with E-state index in [0.29, 0.717) is 37.7 Å². The molecule has 0 spiro atoms. The van der Waals surface area contributed by atoms with Crippen molar-refractivity contribution < 1.29 is 19.4 Å². The summed E-state index contributed by atoms with van der Waals surface area (Å²) in [7, 11) is 3.41. The molecule has 1 N–H and O–H groups in total. The molecule has 2 aromatic carbocycles. The number of aromatic nitrogens is 2. The fourth-order valence-corrected chi connectivity index (χ4v) is 4.40. The molecule has 0 amide bonds. The minimum Gasteiger partial charge on any atom is -0.497 e. The van der Waals surface area contributed by atoms with E-state index in [-0.39, 0.29) is 11.6 Å². The Bertz CT molecular complexity index is 1120. The first-order valence-corrected chi connectivity index (χ1v) is 11.6. The summed E-state index contributed by atoms with van der Waals surface area (Å²) in [4.78, 5) is 24.1. The molecular formula is C26H34N2O5. The SMILES string of the molecule is CC.COc1ccc(COc2ccc3c(c2)n(CC2CCC(C(=O)O)CC2)c(=O)n3C)cc1. The molecule has 1 aliphatic rings. The summed E-state index contributed by atoms with van der Waals surface area (Å²) in [5, 5.41) is 9.21. The molecule has 33 heavy (non-hydrogen) atoms. The Morgan fingerprint density at radius 1 is 1.00 bits per heavy atom. The molecule has 0 unspecified atom stereocenters. The molecular weight excluding hydrogens is 420 g/mol. The summed E-state index contributed by atoms with van der Waals surface area (Å²) in [6.45, 7) is 5.02. The summed E-state index contributed by atoms with van der Waals surface area (Å²) in [5.74, 6) is 0.855. The van der Waals surface area contributed by atoms with Crippen molar-refractivity contribution in [2.45, 2.75) is 52.7 Å². The molecule has 0 bridgehead atoms. The van der Waals surface area contributed by atoms with Crippen molar-refractivity contribution >= 4 is 17.0 Å². The second-order valence-corrected chi connectivity index (χ2v) is 8.30. The number of rotatable bonds is 7. The normalized spacial score (nSPS) is 17.8. The zero-order valence-electron chi connectivity index (χ0n) is 19.9. The van der Waals surface area contributed by atoms with Crippen LogP contribution in [0, 0.1) is 11.8 Å². The van der Waals surface area contributed by atoms with Crippen LogP contribution in [0.25, 0.3) is 11.0 Å². The zero-order chi connectivity index (χ0) is 24.0. The van der Waals surface area contributed by atoms with Gasteiger partial charge in [0.1, 0.15) is 18.1 Å². The maximum atomic E-state index is 12.9. The first-order chi connectivity index (χ1) is 16.0. The molecule has 0 radical (unpaired) electrons. The molecule has 178 valence electrons. The second kappa shape index (κ2) is 11.1. The minimum absolute atomic E-state index is 0.0531. The van der Waals surface area contributed by atoms with Crippen molar-refractivity contribution in [1.82, 2.24) is 9.13 Å². The third-order valence-corrected chi connectivity index (χ3v) is 6.32. The highest BCUT2D eigenvalue weighted by Gasteiger charge is 2.27. The van der Waals surface area contributed by atoms with E-state index >= 15 is 0 Å². The topological polar surface area (TPSA) is 82.7 Å². The van der Waals surface area contributed by atoms with Gasteiger partial charge in [0.2, 0.25) is 0 Å². The number of benzene rings is 2. The van der Waals surface area contributed by atoms with Crippen molar-refractivity contribution in [3.8, 4) is 11.5 Å². The van der Waals surface area contributed by atoms with Gasteiger partial charge < -0.3 is 14.6 Å². The number of imidazole rings is 1. The highest BCUT2D eigenvalue weighted by atomic mass is 16.5. The van der Waals surface area contributed by atoms with Gasteiger partial charge in [-0.1, -0.05) is 26.0 Å². The number of hydrogen-bond donors (Lipinski definition) is 1. The van der Waals surface area contributed by atoms with Crippen LogP contribution in [0.15, 0.2) is 47.3 Å². The predicted octanol–water partition coefficient (Wildman–Crippen LogP) is 4.84.